The third-order valence-corrected chi connectivity index (χ3v) is 5.25. The predicted molar refractivity (Wildman–Crippen MR) is 132 cm³/mol. The Labute approximate surface area is 210 Å². The van der Waals surface area contributed by atoms with Crippen LogP contribution in [0, 0.1) is 0 Å². The number of ether oxygens (including phenoxy) is 3. The van der Waals surface area contributed by atoms with Gasteiger partial charge in [-0.3, -0.25) is 15.3 Å². The molecule has 0 radical (unpaired) electrons. The second kappa shape index (κ2) is 12.4. The van der Waals surface area contributed by atoms with Gasteiger partial charge in [-0.15, -0.1) is 0 Å². The van der Waals surface area contributed by atoms with Crippen molar-refractivity contribution in [3.63, 3.8) is 0 Å². The van der Waals surface area contributed by atoms with Crippen LogP contribution < -0.4 is 20.3 Å². The van der Waals surface area contributed by atoms with Gasteiger partial charge in [0.2, 0.25) is 0 Å². The van der Waals surface area contributed by atoms with Gasteiger partial charge in [0.1, 0.15) is 5.75 Å². The molecule has 0 aliphatic heterocycles. The zero-order valence-corrected chi connectivity index (χ0v) is 20.1. The fourth-order valence-electron chi connectivity index (χ4n) is 3.08. The molecule has 3 rings (SSSR count). The van der Waals surface area contributed by atoms with Crippen molar-refractivity contribution in [3.8, 4) is 17.2 Å². The summed E-state index contributed by atoms with van der Waals surface area (Å²) in [4.78, 5) is 24.5. The predicted octanol–water partition coefficient (Wildman–Crippen LogP) is 4.96. The lowest BCUT2D eigenvalue weighted by Crippen LogP contribution is -2.30. The second-order valence-electron chi connectivity index (χ2n) is 7.12. The zero-order chi connectivity index (χ0) is 25.2. The molecule has 3 aromatic carbocycles. The first-order valence-corrected chi connectivity index (χ1v) is 11.1. The molecule has 182 valence electrons. The number of hydrogen-bond donors (Lipinski definition) is 4. The maximum atomic E-state index is 12.8. The van der Waals surface area contributed by atoms with Crippen molar-refractivity contribution < 1.29 is 34.1 Å². The lowest BCUT2D eigenvalue weighted by Gasteiger charge is -2.26. The zero-order valence-electron chi connectivity index (χ0n) is 18.6. The Morgan fingerprint density at radius 2 is 1.74 bits per heavy atom. The molecule has 0 saturated carbocycles. The van der Waals surface area contributed by atoms with Crippen LogP contribution in [0.5, 0.6) is 17.2 Å². The number of halogens is 1. The molecule has 35 heavy (non-hydrogen) atoms. The molecule has 2 atom stereocenters. The highest BCUT2D eigenvalue weighted by atomic mass is 79.9. The number of hydrogen-bond acceptors (Lipinski definition) is 7. The number of methoxy groups -OCH3 is 1. The largest absolute Gasteiger partial charge is 0.504 e. The highest BCUT2D eigenvalue weighted by Crippen LogP contribution is 2.33. The number of hydroxylamine groups is 1. The summed E-state index contributed by atoms with van der Waals surface area (Å²) < 4.78 is 17.7. The SMILES string of the molecule is COc1ccc([C@@H](OC(=O)Nc2ccc(Br)cc2)[C@@H](/C=C/C(=O)NO)Oc2ccccc2)cc1O. The third kappa shape index (κ3) is 7.49. The van der Waals surface area contributed by atoms with Gasteiger partial charge >= 0.3 is 6.09 Å². The molecular weight excluding hydrogens is 520 g/mol. The smallest absolute Gasteiger partial charge is 0.412 e. The number of para-hydroxylation sites is 1. The first kappa shape index (κ1) is 25.6. The van der Waals surface area contributed by atoms with Gasteiger partial charge in [-0.05, 0) is 54.6 Å². The second-order valence-corrected chi connectivity index (χ2v) is 8.04. The quantitative estimate of drug-likeness (QED) is 0.171. The Hall–Kier alpha value is -4.02. The summed E-state index contributed by atoms with van der Waals surface area (Å²) >= 11 is 3.33. The van der Waals surface area contributed by atoms with E-state index in [4.69, 9.17) is 19.4 Å². The number of carbonyl (C=O) groups excluding carboxylic acids is 2. The topological polar surface area (TPSA) is 126 Å². The molecule has 3 aromatic rings. The molecular formula is C25H23BrN2O7. The minimum absolute atomic E-state index is 0.178. The van der Waals surface area contributed by atoms with Crippen molar-refractivity contribution in [2.24, 2.45) is 0 Å². The monoisotopic (exact) mass is 542 g/mol. The van der Waals surface area contributed by atoms with E-state index in [0.717, 1.165) is 10.5 Å². The Morgan fingerprint density at radius 1 is 1.03 bits per heavy atom. The minimum Gasteiger partial charge on any atom is -0.504 e. The highest BCUT2D eigenvalue weighted by Gasteiger charge is 2.29. The van der Waals surface area contributed by atoms with Gasteiger partial charge in [-0.25, -0.2) is 10.3 Å². The number of nitrogens with one attached hydrogen (secondary N) is 2. The molecule has 0 aliphatic rings. The van der Waals surface area contributed by atoms with Crippen molar-refractivity contribution in [1.82, 2.24) is 5.48 Å². The molecule has 2 amide bonds. The molecule has 0 spiro atoms. The van der Waals surface area contributed by atoms with Crippen LogP contribution in [0.1, 0.15) is 11.7 Å². The number of phenols is 1. The molecule has 0 aliphatic carbocycles. The number of amides is 2. The van der Waals surface area contributed by atoms with Gasteiger partial charge in [0, 0.05) is 21.8 Å². The number of phenolic OH excluding ortho intramolecular Hbond substituents is 1. The Kier molecular flexibility index (Phi) is 9.10. The summed E-state index contributed by atoms with van der Waals surface area (Å²) in [6.45, 7) is 0. The van der Waals surface area contributed by atoms with Gasteiger partial charge in [-0.2, -0.15) is 0 Å². The van der Waals surface area contributed by atoms with E-state index in [0.29, 0.717) is 17.0 Å². The van der Waals surface area contributed by atoms with Crippen molar-refractivity contribution in [3.05, 3.63) is 95.0 Å². The molecule has 10 heteroatoms. The average Bonchev–Trinajstić information content (AvgIpc) is 2.87. The Bertz CT molecular complexity index is 1170. The first-order valence-electron chi connectivity index (χ1n) is 10.3. The highest BCUT2D eigenvalue weighted by molar-refractivity contribution is 9.10. The normalized spacial score (nSPS) is 12.4. The van der Waals surface area contributed by atoms with Gasteiger partial charge in [-0.1, -0.05) is 40.2 Å². The van der Waals surface area contributed by atoms with E-state index in [9.17, 15) is 14.7 Å². The number of aromatic hydroxyl groups is 1. The van der Waals surface area contributed by atoms with Crippen molar-refractivity contribution in [2.45, 2.75) is 12.2 Å². The van der Waals surface area contributed by atoms with E-state index < -0.39 is 24.2 Å². The van der Waals surface area contributed by atoms with Crippen LogP contribution in [0.2, 0.25) is 0 Å². The Balaban J connectivity index is 1.97. The summed E-state index contributed by atoms with van der Waals surface area (Å²) in [5.74, 6) is -0.321. The molecule has 0 aromatic heterocycles. The van der Waals surface area contributed by atoms with Crippen LogP contribution in [0.15, 0.2) is 89.4 Å². The van der Waals surface area contributed by atoms with Crippen LogP contribution in [0.4, 0.5) is 10.5 Å². The van der Waals surface area contributed by atoms with Crippen LogP contribution in [-0.2, 0) is 9.53 Å². The summed E-state index contributed by atoms with van der Waals surface area (Å²) in [5.41, 5.74) is 2.36. The standard InChI is InChI=1S/C25H23BrN2O7/c1-33-21-12-7-16(15-20(21)29)24(35-25(31)27-18-10-8-17(26)9-11-18)22(13-14-23(30)28-32)34-19-5-3-2-4-6-19/h2-15,22,24,29,32H,1H3,(H,27,31)(H,28,30)/b14-13+/t22-,24-/m1/s1. The lowest BCUT2D eigenvalue weighted by atomic mass is 10.0. The molecule has 0 fully saturated rings. The van der Waals surface area contributed by atoms with Crippen LogP contribution in [0.3, 0.4) is 0 Å². The van der Waals surface area contributed by atoms with Gasteiger partial charge < -0.3 is 19.3 Å². The molecule has 0 unspecified atom stereocenters. The van der Waals surface area contributed by atoms with Crippen molar-refractivity contribution >= 4 is 33.6 Å². The van der Waals surface area contributed by atoms with E-state index in [1.54, 1.807) is 60.7 Å². The average molecular weight is 543 g/mol. The van der Waals surface area contributed by atoms with Crippen molar-refractivity contribution in [1.29, 1.82) is 0 Å². The van der Waals surface area contributed by atoms with Crippen LogP contribution >= 0.6 is 15.9 Å². The summed E-state index contributed by atoms with van der Waals surface area (Å²) in [6.07, 6.45) is -0.574. The van der Waals surface area contributed by atoms with Gasteiger partial charge in [0.05, 0.1) is 7.11 Å². The minimum atomic E-state index is -1.12. The fraction of sp³-hybridized carbons (Fsp3) is 0.120. The van der Waals surface area contributed by atoms with E-state index in [1.165, 1.54) is 30.8 Å². The summed E-state index contributed by atoms with van der Waals surface area (Å²) in [5, 5.41) is 21.8. The van der Waals surface area contributed by atoms with E-state index in [1.807, 2.05) is 0 Å². The number of anilines is 1. The fourth-order valence-corrected chi connectivity index (χ4v) is 3.35. The van der Waals surface area contributed by atoms with E-state index >= 15 is 0 Å². The molecule has 0 saturated heterocycles. The number of rotatable bonds is 9. The van der Waals surface area contributed by atoms with Gasteiger partial charge in [0.25, 0.3) is 5.91 Å². The molecule has 0 bridgehead atoms. The maximum absolute atomic E-state index is 12.8. The van der Waals surface area contributed by atoms with Crippen LogP contribution in [-0.4, -0.2) is 35.5 Å². The van der Waals surface area contributed by atoms with E-state index in [-0.39, 0.29) is 11.5 Å². The Morgan fingerprint density at radius 3 is 2.37 bits per heavy atom. The summed E-state index contributed by atoms with van der Waals surface area (Å²) in [6, 6.07) is 20.1. The van der Waals surface area contributed by atoms with Gasteiger partial charge in [0.15, 0.2) is 23.7 Å². The molecule has 9 nitrogen and oxygen atoms in total. The van der Waals surface area contributed by atoms with Crippen LogP contribution in [0.25, 0.3) is 0 Å². The maximum Gasteiger partial charge on any atom is 0.412 e. The third-order valence-electron chi connectivity index (χ3n) is 4.72. The van der Waals surface area contributed by atoms with E-state index in [2.05, 4.69) is 21.2 Å². The molecule has 4 N–H and O–H groups in total. The number of benzene rings is 3. The lowest BCUT2D eigenvalue weighted by molar-refractivity contribution is -0.124. The van der Waals surface area contributed by atoms with Crippen molar-refractivity contribution in [2.75, 3.05) is 12.4 Å². The first-order chi connectivity index (χ1) is 16.9. The number of carbonyl (C=O) groups is 2. The molecule has 0 heterocycles. The summed E-state index contributed by atoms with van der Waals surface area (Å²) in [7, 11) is 1.41.